The number of cyclic esters (lactones) is 1. The Kier molecular flexibility index (Phi) is 5.41. The fourth-order valence-corrected chi connectivity index (χ4v) is 2.56. The molecule has 3 rings (SSSR count). The van der Waals surface area contributed by atoms with Crippen molar-refractivity contribution in [2.45, 2.75) is 6.10 Å². The molecule has 1 atom stereocenters. The number of carbonyl (C=O) groups excluding carboxylic acids is 1. The maximum Gasteiger partial charge on any atom is 0.433 e. The highest BCUT2D eigenvalue weighted by Crippen LogP contribution is 2.16. The smallest absolute Gasteiger partial charge is 0.433 e. The lowest BCUT2D eigenvalue weighted by molar-refractivity contribution is -0.402. The van der Waals surface area contributed by atoms with Gasteiger partial charge in [-0.3, -0.25) is 15.0 Å². The molecule has 10 nitrogen and oxygen atoms in total. The maximum absolute atomic E-state index is 11.8. The van der Waals surface area contributed by atoms with Gasteiger partial charge in [-0.1, -0.05) is 0 Å². The summed E-state index contributed by atoms with van der Waals surface area (Å²) in [6.45, 7) is 4.08. The molecule has 0 saturated carbocycles. The van der Waals surface area contributed by atoms with Gasteiger partial charge in [-0.2, -0.15) is 10.1 Å². The van der Waals surface area contributed by atoms with E-state index in [4.69, 9.17) is 13.9 Å². The molecule has 1 aromatic rings. The summed E-state index contributed by atoms with van der Waals surface area (Å²) >= 11 is 0. The Morgan fingerprint density at radius 2 is 2.16 bits per heavy atom. The number of carbonyl (C=O) groups is 1. The van der Waals surface area contributed by atoms with E-state index in [1.807, 2.05) is 0 Å². The highest BCUT2D eigenvalue weighted by atomic mass is 16.6. The monoisotopic (exact) mass is 350 g/mol. The summed E-state index contributed by atoms with van der Waals surface area (Å²) in [6, 6.07) is 2.75. The molecule has 1 unspecified atom stereocenters. The van der Waals surface area contributed by atoms with Gasteiger partial charge in [-0.15, -0.1) is 0 Å². The second-order valence-electron chi connectivity index (χ2n) is 5.56. The average Bonchev–Trinajstić information content (AvgIpc) is 3.20. The molecule has 10 heteroatoms. The lowest BCUT2D eigenvalue weighted by atomic mass is 10.3. The van der Waals surface area contributed by atoms with Gasteiger partial charge in [0.15, 0.2) is 0 Å². The summed E-state index contributed by atoms with van der Waals surface area (Å²) in [5.41, 5.74) is 0. The van der Waals surface area contributed by atoms with E-state index in [-0.39, 0.29) is 12.0 Å². The molecule has 0 aromatic carbocycles. The quantitative estimate of drug-likeness (QED) is 0.432. The molecule has 0 bridgehead atoms. The van der Waals surface area contributed by atoms with Crippen LogP contribution in [0.25, 0.3) is 6.08 Å². The van der Waals surface area contributed by atoms with Gasteiger partial charge in [0.25, 0.3) is 0 Å². The Hall–Kier alpha value is -2.72. The number of amides is 1. The van der Waals surface area contributed by atoms with Crippen LogP contribution in [0.3, 0.4) is 0 Å². The van der Waals surface area contributed by atoms with E-state index in [2.05, 4.69) is 10.0 Å². The number of nitro groups is 1. The number of allylic oxidation sites excluding steroid dienone is 1. The van der Waals surface area contributed by atoms with E-state index in [9.17, 15) is 14.9 Å². The Labute approximate surface area is 143 Å². The predicted molar refractivity (Wildman–Crippen MR) is 87.1 cm³/mol. The Morgan fingerprint density at radius 3 is 2.88 bits per heavy atom. The van der Waals surface area contributed by atoms with Crippen LogP contribution in [0.15, 0.2) is 27.7 Å². The van der Waals surface area contributed by atoms with Gasteiger partial charge in [0.2, 0.25) is 0 Å². The van der Waals surface area contributed by atoms with Crippen molar-refractivity contribution in [2.24, 2.45) is 5.10 Å². The molecule has 1 aromatic heterocycles. The van der Waals surface area contributed by atoms with Crippen LogP contribution in [-0.2, 0) is 9.47 Å². The number of ether oxygens (including phenoxy) is 2. The van der Waals surface area contributed by atoms with Crippen molar-refractivity contribution in [3.8, 4) is 0 Å². The summed E-state index contributed by atoms with van der Waals surface area (Å²) in [5.74, 6) is -0.00185. The summed E-state index contributed by atoms with van der Waals surface area (Å²) < 4.78 is 15.6. The summed E-state index contributed by atoms with van der Waals surface area (Å²) in [7, 11) is 0. The molecular formula is C15H18N4O6. The molecule has 2 aliphatic heterocycles. The standard InChI is InChI=1S/C15H18N4O6/c20-15-18(11-13(25-15)10-17-6-8-23-9-7-17)16-5-1-2-12-3-4-14(24-12)19(21)22/h1-5,13H,6-11H2. The first kappa shape index (κ1) is 17.1. The minimum atomic E-state index is -0.611. The van der Waals surface area contributed by atoms with E-state index >= 15 is 0 Å². The molecule has 0 N–H and O–H groups in total. The van der Waals surface area contributed by atoms with Gasteiger partial charge in [-0.05, 0) is 18.2 Å². The van der Waals surface area contributed by atoms with Crippen LogP contribution in [0.4, 0.5) is 10.7 Å². The highest BCUT2D eigenvalue weighted by Gasteiger charge is 2.32. The van der Waals surface area contributed by atoms with Crippen LogP contribution in [0.2, 0.25) is 0 Å². The van der Waals surface area contributed by atoms with E-state index in [1.54, 1.807) is 0 Å². The summed E-state index contributed by atoms with van der Waals surface area (Å²) in [4.78, 5) is 23.9. The van der Waals surface area contributed by atoms with Crippen LogP contribution in [0.5, 0.6) is 0 Å². The molecule has 0 spiro atoms. The zero-order chi connectivity index (χ0) is 17.6. The second kappa shape index (κ2) is 7.90. The van der Waals surface area contributed by atoms with Gasteiger partial charge in [-0.25, -0.2) is 4.79 Å². The molecule has 134 valence electrons. The normalized spacial score (nSPS) is 22.2. The van der Waals surface area contributed by atoms with Crippen molar-refractivity contribution >= 4 is 24.3 Å². The van der Waals surface area contributed by atoms with Crippen molar-refractivity contribution in [2.75, 3.05) is 39.4 Å². The number of nitrogens with zero attached hydrogens (tertiary/aromatic N) is 4. The number of hydrazone groups is 1. The van der Waals surface area contributed by atoms with Gasteiger partial charge in [0.1, 0.15) is 16.8 Å². The number of rotatable bonds is 6. The fraction of sp³-hybridized carbons (Fsp3) is 0.467. The zero-order valence-corrected chi connectivity index (χ0v) is 13.4. The number of hydrogen-bond acceptors (Lipinski definition) is 8. The molecular weight excluding hydrogens is 332 g/mol. The third-order valence-corrected chi connectivity index (χ3v) is 3.77. The number of morpholine rings is 1. The molecule has 1 amide bonds. The van der Waals surface area contributed by atoms with Gasteiger partial charge in [0, 0.05) is 25.8 Å². The van der Waals surface area contributed by atoms with Crippen molar-refractivity contribution in [1.29, 1.82) is 0 Å². The first-order chi connectivity index (χ1) is 12.1. The fourth-order valence-electron chi connectivity index (χ4n) is 2.56. The third kappa shape index (κ3) is 4.64. The second-order valence-corrected chi connectivity index (χ2v) is 5.56. The van der Waals surface area contributed by atoms with Crippen LogP contribution < -0.4 is 0 Å². The minimum absolute atomic E-state index is 0.223. The average molecular weight is 350 g/mol. The Bertz CT molecular complexity index is 679. The minimum Gasteiger partial charge on any atom is -0.441 e. The molecule has 0 aliphatic carbocycles. The van der Waals surface area contributed by atoms with Gasteiger partial charge < -0.3 is 13.9 Å². The van der Waals surface area contributed by atoms with Crippen molar-refractivity contribution in [3.05, 3.63) is 34.1 Å². The number of furan rings is 1. The third-order valence-electron chi connectivity index (χ3n) is 3.77. The molecule has 2 saturated heterocycles. The Morgan fingerprint density at radius 1 is 1.36 bits per heavy atom. The van der Waals surface area contributed by atoms with Gasteiger partial charge in [0.05, 0.1) is 25.8 Å². The van der Waals surface area contributed by atoms with E-state index in [0.717, 1.165) is 13.1 Å². The molecule has 0 radical (unpaired) electrons. The van der Waals surface area contributed by atoms with Crippen LogP contribution >= 0.6 is 0 Å². The summed E-state index contributed by atoms with van der Waals surface area (Å²) in [6.07, 6.45) is 3.75. The van der Waals surface area contributed by atoms with E-state index in [1.165, 1.54) is 35.5 Å². The first-order valence-corrected chi connectivity index (χ1v) is 7.85. The maximum atomic E-state index is 11.8. The van der Waals surface area contributed by atoms with Crippen molar-refractivity contribution in [1.82, 2.24) is 9.91 Å². The topological polar surface area (TPSA) is 111 Å². The largest absolute Gasteiger partial charge is 0.441 e. The SMILES string of the molecule is O=C1OC(CN2CCOCC2)CN1N=CC=Cc1ccc([N+](=O)[O-])o1. The van der Waals surface area contributed by atoms with Gasteiger partial charge >= 0.3 is 12.0 Å². The van der Waals surface area contributed by atoms with Crippen molar-refractivity contribution in [3.63, 3.8) is 0 Å². The van der Waals surface area contributed by atoms with Crippen molar-refractivity contribution < 1.29 is 23.6 Å². The molecule has 25 heavy (non-hydrogen) atoms. The van der Waals surface area contributed by atoms with Crippen LogP contribution in [0, 0.1) is 10.1 Å². The lowest BCUT2D eigenvalue weighted by Gasteiger charge is -2.27. The van der Waals surface area contributed by atoms with E-state index in [0.29, 0.717) is 32.1 Å². The highest BCUT2D eigenvalue weighted by molar-refractivity contribution is 5.79. The van der Waals surface area contributed by atoms with Crippen LogP contribution in [0.1, 0.15) is 5.76 Å². The molecule has 2 aliphatic rings. The zero-order valence-electron chi connectivity index (χ0n) is 13.4. The van der Waals surface area contributed by atoms with Crippen LogP contribution in [-0.4, -0.2) is 72.6 Å². The number of hydrogen-bond donors (Lipinski definition) is 0. The first-order valence-electron chi connectivity index (χ1n) is 7.85. The molecule has 3 heterocycles. The molecule has 2 fully saturated rings. The lowest BCUT2D eigenvalue weighted by Crippen LogP contribution is -2.41. The van der Waals surface area contributed by atoms with E-state index < -0.39 is 11.0 Å². The Balaban J connectivity index is 1.48. The predicted octanol–water partition coefficient (Wildman–Crippen LogP) is 1.34. The summed E-state index contributed by atoms with van der Waals surface area (Å²) in [5, 5.41) is 15.8.